The molecule has 1 aliphatic rings. The molecule has 2 atom stereocenters. The fourth-order valence-corrected chi connectivity index (χ4v) is 3.06. The van der Waals surface area contributed by atoms with Crippen LogP contribution in [-0.4, -0.2) is 30.6 Å². The van der Waals surface area contributed by atoms with Crippen LogP contribution < -0.4 is 5.32 Å². The van der Waals surface area contributed by atoms with E-state index in [0.29, 0.717) is 12.1 Å². The number of hydrogen-bond donors (Lipinski definition) is 1. The van der Waals surface area contributed by atoms with Crippen molar-refractivity contribution in [3.8, 4) is 0 Å². The molecule has 0 aliphatic carbocycles. The van der Waals surface area contributed by atoms with Crippen LogP contribution >= 0.6 is 0 Å². The Morgan fingerprint density at radius 3 is 2.58 bits per heavy atom. The van der Waals surface area contributed by atoms with Crippen LogP contribution in [0.25, 0.3) is 0 Å². The van der Waals surface area contributed by atoms with Gasteiger partial charge in [0.05, 0.1) is 0 Å². The Labute approximate surface area is 116 Å². The van der Waals surface area contributed by atoms with Crippen LogP contribution in [0.5, 0.6) is 0 Å². The van der Waals surface area contributed by atoms with E-state index in [-0.39, 0.29) is 5.82 Å². The smallest absolute Gasteiger partial charge is 0.123 e. The van der Waals surface area contributed by atoms with E-state index in [2.05, 4.69) is 24.1 Å². The molecular weight excluding hydrogens is 239 g/mol. The summed E-state index contributed by atoms with van der Waals surface area (Å²) in [5.74, 6) is -0.154. The molecule has 0 amide bonds. The van der Waals surface area contributed by atoms with Gasteiger partial charge in [0, 0.05) is 18.6 Å². The molecule has 1 heterocycles. The van der Waals surface area contributed by atoms with Gasteiger partial charge in [-0.2, -0.15) is 0 Å². The second kappa shape index (κ2) is 7.01. The van der Waals surface area contributed by atoms with Crippen LogP contribution in [0.1, 0.15) is 44.7 Å². The minimum absolute atomic E-state index is 0.154. The third-order valence-electron chi connectivity index (χ3n) is 4.11. The zero-order valence-electron chi connectivity index (χ0n) is 12.0. The monoisotopic (exact) mass is 264 g/mol. The zero-order valence-corrected chi connectivity index (χ0v) is 12.0. The number of rotatable bonds is 6. The van der Waals surface area contributed by atoms with E-state index < -0.39 is 0 Å². The summed E-state index contributed by atoms with van der Waals surface area (Å²) in [5, 5.41) is 3.56. The van der Waals surface area contributed by atoms with Crippen LogP contribution in [0.4, 0.5) is 4.39 Å². The Balaban J connectivity index is 2.06. The van der Waals surface area contributed by atoms with Crippen molar-refractivity contribution in [2.75, 3.05) is 19.6 Å². The Kier molecular flexibility index (Phi) is 5.34. The van der Waals surface area contributed by atoms with Gasteiger partial charge in [-0.3, -0.25) is 4.90 Å². The quantitative estimate of drug-likeness (QED) is 0.847. The van der Waals surface area contributed by atoms with Gasteiger partial charge in [-0.15, -0.1) is 0 Å². The molecule has 3 heteroatoms. The van der Waals surface area contributed by atoms with E-state index in [4.69, 9.17) is 0 Å². The van der Waals surface area contributed by atoms with Crippen LogP contribution in [-0.2, 0) is 0 Å². The normalized spacial score (nSPS) is 20.9. The summed E-state index contributed by atoms with van der Waals surface area (Å²) in [4.78, 5) is 2.51. The topological polar surface area (TPSA) is 15.3 Å². The van der Waals surface area contributed by atoms with Gasteiger partial charge in [0.15, 0.2) is 0 Å². The minimum atomic E-state index is -0.154. The van der Waals surface area contributed by atoms with Gasteiger partial charge < -0.3 is 5.32 Å². The molecule has 1 saturated heterocycles. The lowest BCUT2D eigenvalue weighted by Gasteiger charge is -2.32. The third-order valence-corrected chi connectivity index (χ3v) is 4.11. The average Bonchev–Trinajstić information content (AvgIpc) is 2.93. The van der Waals surface area contributed by atoms with Crippen molar-refractivity contribution >= 4 is 0 Å². The van der Waals surface area contributed by atoms with Gasteiger partial charge in [0.25, 0.3) is 0 Å². The molecule has 106 valence electrons. The summed E-state index contributed by atoms with van der Waals surface area (Å²) < 4.78 is 13.0. The molecule has 1 N–H and O–H groups in total. The molecule has 0 bridgehead atoms. The van der Waals surface area contributed by atoms with Gasteiger partial charge >= 0.3 is 0 Å². The summed E-state index contributed by atoms with van der Waals surface area (Å²) in [6.45, 7) is 7.69. The SMILES string of the molecule is CCC(c1ccc(F)cc1)N(CC)CC1CCCN1. The maximum atomic E-state index is 13.0. The number of hydrogen-bond acceptors (Lipinski definition) is 2. The second-order valence-corrected chi connectivity index (χ2v) is 5.36. The molecule has 0 saturated carbocycles. The van der Waals surface area contributed by atoms with Gasteiger partial charge in [0.1, 0.15) is 5.82 Å². The van der Waals surface area contributed by atoms with Gasteiger partial charge in [-0.1, -0.05) is 26.0 Å². The molecule has 1 fully saturated rings. The first-order valence-corrected chi connectivity index (χ1v) is 7.47. The highest BCUT2D eigenvalue weighted by Crippen LogP contribution is 2.25. The van der Waals surface area contributed by atoms with Crippen molar-refractivity contribution in [2.45, 2.75) is 45.2 Å². The Bertz CT molecular complexity index is 371. The molecule has 0 radical (unpaired) electrons. The van der Waals surface area contributed by atoms with E-state index in [9.17, 15) is 4.39 Å². The summed E-state index contributed by atoms with van der Waals surface area (Å²) in [5.41, 5.74) is 1.23. The summed E-state index contributed by atoms with van der Waals surface area (Å²) in [6.07, 6.45) is 3.62. The first-order chi connectivity index (χ1) is 9.24. The second-order valence-electron chi connectivity index (χ2n) is 5.36. The summed E-state index contributed by atoms with van der Waals surface area (Å²) in [6, 6.07) is 8.00. The van der Waals surface area contributed by atoms with Gasteiger partial charge in [0.2, 0.25) is 0 Å². The lowest BCUT2D eigenvalue weighted by atomic mass is 10.0. The third kappa shape index (κ3) is 3.77. The Morgan fingerprint density at radius 2 is 2.05 bits per heavy atom. The van der Waals surface area contributed by atoms with Crippen molar-refractivity contribution in [3.63, 3.8) is 0 Å². The molecular formula is C16H25FN2. The number of halogens is 1. The highest BCUT2D eigenvalue weighted by molar-refractivity contribution is 5.20. The largest absolute Gasteiger partial charge is 0.313 e. The fourth-order valence-electron chi connectivity index (χ4n) is 3.06. The average molecular weight is 264 g/mol. The maximum absolute atomic E-state index is 13.0. The van der Waals surface area contributed by atoms with Crippen molar-refractivity contribution in [1.82, 2.24) is 10.2 Å². The van der Waals surface area contributed by atoms with Crippen molar-refractivity contribution in [1.29, 1.82) is 0 Å². The lowest BCUT2D eigenvalue weighted by Crippen LogP contribution is -2.39. The van der Waals surface area contributed by atoms with Crippen LogP contribution in [0, 0.1) is 5.82 Å². The number of nitrogens with zero attached hydrogens (tertiary/aromatic N) is 1. The van der Waals surface area contributed by atoms with Crippen molar-refractivity contribution < 1.29 is 4.39 Å². The van der Waals surface area contributed by atoms with Crippen LogP contribution in [0.15, 0.2) is 24.3 Å². The molecule has 0 aromatic heterocycles. The van der Waals surface area contributed by atoms with Crippen LogP contribution in [0.2, 0.25) is 0 Å². The molecule has 2 nitrogen and oxygen atoms in total. The molecule has 1 aromatic carbocycles. The first-order valence-electron chi connectivity index (χ1n) is 7.47. The number of nitrogens with one attached hydrogen (secondary N) is 1. The van der Waals surface area contributed by atoms with Gasteiger partial charge in [-0.05, 0) is 50.0 Å². The highest BCUT2D eigenvalue weighted by atomic mass is 19.1. The maximum Gasteiger partial charge on any atom is 0.123 e. The molecule has 19 heavy (non-hydrogen) atoms. The lowest BCUT2D eigenvalue weighted by molar-refractivity contribution is 0.185. The minimum Gasteiger partial charge on any atom is -0.313 e. The molecule has 1 aliphatic heterocycles. The number of benzene rings is 1. The van der Waals surface area contributed by atoms with E-state index >= 15 is 0 Å². The van der Waals surface area contributed by atoms with E-state index in [1.54, 1.807) is 12.1 Å². The summed E-state index contributed by atoms with van der Waals surface area (Å²) in [7, 11) is 0. The summed E-state index contributed by atoms with van der Waals surface area (Å²) >= 11 is 0. The van der Waals surface area contributed by atoms with Gasteiger partial charge in [-0.25, -0.2) is 4.39 Å². The van der Waals surface area contributed by atoms with E-state index in [1.807, 2.05) is 12.1 Å². The van der Waals surface area contributed by atoms with Crippen LogP contribution in [0.3, 0.4) is 0 Å². The van der Waals surface area contributed by atoms with E-state index in [1.165, 1.54) is 18.4 Å². The highest BCUT2D eigenvalue weighted by Gasteiger charge is 2.22. The molecule has 1 aromatic rings. The first kappa shape index (κ1) is 14.5. The number of likely N-dealkylation sites (N-methyl/N-ethyl adjacent to an activating group) is 1. The predicted molar refractivity (Wildman–Crippen MR) is 77.7 cm³/mol. The zero-order chi connectivity index (χ0) is 13.7. The standard InChI is InChI=1S/C16H25FN2/c1-3-16(13-7-9-14(17)10-8-13)19(4-2)12-15-6-5-11-18-15/h7-10,15-16,18H,3-6,11-12H2,1-2H3. The molecule has 0 spiro atoms. The Morgan fingerprint density at radius 1 is 1.32 bits per heavy atom. The Hall–Kier alpha value is -0.930. The van der Waals surface area contributed by atoms with E-state index in [0.717, 1.165) is 26.1 Å². The van der Waals surface area contributed by atoms with Crippen molar-refractivity contribution in [3.05, 3.63) is 35.6 Å². The predicted octanol–water partition coefficient (Wildman–Crippen LogP) is 3.35. The fraction of sp³-hybridized carbons (Fsp3) is 0.625. The molecule has 2 rings (SSSR count). The molecule has 2 unspecified atom stereocenters. The van der Waals surface area contributed by atoms with Crippen molar-refractivity contribution in [2.24, 2.45) is 0 Å².